The van der Waals surface area contributed by atoms with Gasteiger partial charge in [-0.3, -0.25) is 24.0 Å². The van der Waals surface area contributed by atoms with E-state index in [2.05, 4.69) is 26.6 Å². The van der Waals surface area contributed by atoms with Crippen molar-refractivity contribution in [2.45, 2.75) is 139 Å². The van der Waals surface area contributed by atoms with E-state index >= 15 is 0 Å². The predicted molar refractivity (Wildman–Crippen MR) is 197 cm³/mol. The summed E-state index contributed by atoms with van der Waals surface area (Å²) >= 11 is 1.52. The van der Waals surface area contributed by atoms with Gasteiger partial charge < -0.3 is 31.3 Å². The van der Waals surface area contributed by atoms with E-state index in [0.717, 1.165) is 0 Å². The molecule has 12 nitrogen and oxygen atoms in total. The van der Waals surface area contributed by atoms with Crippen molar-refractivity contribution in [3.05, 3.63) is 0 Å². The van der Waals surface area contributed by atoms with Gasteiger partial charge in [-0.15, -0.1) is 0 Å². The number of alkyl carbamates (subject to hydrolysis) is 1. The van der Waals surface area contributed by atoms with Crippen LogP contribution in [0.4, 0.5) is 4.79 Å². The molecule has 5 N–H and O–H groups in total. The van der Waals surface area contributed by atoms with Gasteiger partial charge in [-0.05, 0) is 54.4 Å². The Morgan fingerprint density at radius 2 is 1.06 bits per heavy atom. The summed E-state index contributed by atoms with van der Waals surface area (Å²) in [5.74, 6) is -2.44. The fourth-order valence-electron chi connectivity index (χ4n) is 4.99. The molecule has 0 aromatic carbocycles. The van der Waals surface area contributed by atoms with Gasteiger partial charge in [0.05, 0.1) is 12.6 Å². The van der Waals surface area contributed by atoms with E-state index in [1.807, 2.05) is 61.6 Å². The lowest BCUT2D eigenvalue weighted by atomic mass is 9.92. The SMILES string of the molecule is CCC(C)C(NC(=O)C(CCSC)NC(=O)OCC(C)C)C(=O)NC(C(=O)NC(C(=O)NC(CC(C)C)C(=O)C(C)C)C(C)CC)C(C)C. The molecule has 0 fully saturated rings. The number of carbonyl (C=O) groups excluding carboxylic acids is 6. The molecule has 0 rings (SSSR count). The lowest BCUT2D eigenvalue weighted by molar-refractivity contribution is -0.136. The van der Waals surface area contributed by atoms with Crippen molar-refractivity contribution in [1.29, 1.82) is 0 Å². The molecule has 7 unspecified atom stereocenters. The Labute approximate surface area is 299 Å². The number of thioether (sulfide) groups is 1. The molecule has 0 saturated heterocycles. The summed E-state index contributed by atoms with van der Waals surface area (Å²) in [7, 11) is 0. The second-order valence-electron chi connectivity index (χ2n) is 14.7. The molecule has 0 aromatic rings. The highest BCUT2D eigenvalue weighted by Gasteiger charge is 2.36. The van der Waals surface area contributed by atoms with E-state index in [9.17, 15) is 28.8 Å². The van der Waals surface area contributed by atoms with E-state index in [0.29, 0.717) is 31.4 Å². The zero-order chi connectivity index (χ0) is 38.0. The number of Topliss-reactive ketones (excluding diaryl/α,β-unsaturated/α-hetero) is 1. The van der Waals surface area contributed by atoms with Crippen molar-refractivity contribution in [3.63, 3.8) is 0 Å². The Morgan fingerprint density at radius 1 is 0.592 bits per heavy atom. The van der Waals surface area contributed by atoms with Crippen molar-refractivity contribution < 1.29 is 33.5 Å². The number of hydrogen-bond acceptors (Lipinski definition) is 8. The van der Waals surface area contributed by atoms with Gasteiger partial charge in [-0.1, -0.05) is 95.9 Å². The number of amides is 5. The molecule has 0 aliphatic rings. The zero-order valence-electron chi connectivity index (χ0n) is 32.4. The van der Waals surface area contributed by atoms with Crippen molar-refractivity contribution in [1.82, 2.24) is 26.6 Å². The molecule has 7 atom stereocenters. The molecule has 0 bridgehead atoms. The summed E-state index contributed by atoms with van der Waals surface area (Å²) in [5.41, 5.74) is 0. The monoisotopic (exact) mass is 713 g/mol. The standard InChI is InChI=1S/C36H67N5O7S/c1-14-24(11)29(34(45)37-27(18-20(3)4)31(42)23(9)10)41-33(44)28(22(7)8)39-35(46)30(25(12)15-2)40-32(43)26(16-17-49-13)38-36(47)48-19-21(5)6/h20-30H,14-19H2,1-13H3,(H,37,45)(H,38,47)(H,39,46)(H,40,43)(H,41,44). The first-order valence-corrected chi connectivity index (χ1v) is 19.4. The quantitative estimate of drug-likeness (QED) is 0.103. The molecule has 0 heterocycles. The number of nitrogens with one attached hydrogen (secondary N) is 5. The molecule has 0 aromatic heterocycles. The van der Waals surface area contributed by atoms with Gasteiger partial charge >= 0.3 is 6.09 Å². The minimum absolute atomic E-state index is 0.0694. The van der Waals surface area contributed by atoms with Gasteiger partial charge in [0.15, 0.2) is 5.78 Å². The van der Waals surface area contributed by atoms with Crippen LogP contribution < -0.4 is 26.6 Å². The van der Waals surface area contributed by atoms with Gasteiger partial charge in [-0.2, -0.15) is 11.8 Å². The van der Waals surface area contributed by atoms with Crippen LogP contribution in [-0.2, 0) is 28.7 Å². The lowest BCUT2D eigenvalue weighted by Crippen LogP contribution is -2.61. The molecule has 13 heteroatoms. The van der Waals surface area contributed by atoms with Gasteiger partial charge in [0.25, 0.3) is 0 Å². The first-order chi connectivity index (χ1) is 22.8. The molecule has 284 valence electrons. The molecule has 0 radical (unpaired) electrons. The smallest absolute Gasteiger partial charge is 0.407 e. The number of carbonyl (C=O) groups is 6. The second kappa shape index (κ2) is 23.6. The number of ether oxygens (including phenoxy) is 1. The summed E-state index contributed by atoms with van der Waals surface area (Å²) in [5, 5.41) is 14.0. The molecule has 0 aliphatic carbocycles. The summed E-state index contributed by atoms with van der Waals surface area (Å²) in [4.78, 5) is 80.0. The molecule has 49 heavy (non-hydrogen) atoms. The van der Waals surface area contributed by atoms with Crippen LogP contribution in [0.25, 0.3) is 0 Å². The Morgan fingerprint density at radius 3 is 1.49 bits per heavy atom. The van der Waals surface area contributed by atoms with Crippen LogP contribution in [0.3, 0.4) is 0 Å². The van der Waals surface area contributed by atoms with Crippen LogP contribution in [0.1, 0.15) is 109 Å². The molecular weight excluding hydrogens is 646 g/mol. The minimum atomic E-state index is -1.02. The van der Waals surface area contributed by atoms with Crippen molar-refractivity contribution in [2.75, 3.05) is 18.6 Å². The maximum absolute atomic E-state index is 13.8. The fourth-order valence-corrected chi connectivity index (χ4v) is 5.46. The van der Waals surface area contributed by atoms with E-state index in [1.165, 1.54) is 11.8 Å². The normalized spacial score (nSPS) is 15.9. The van der Waals surface area contributed by atoms with Crippen molar-refractivity contribution in [3.8, 4) is 0 Å². The third-order valence-electron chi connectivity index (χ3n) is 8.54. The fraction of sp³-hybridized carbons (Fsp3) is 0.833. The topological polar surface area (TPSA) is 172 Å². The highest BCUT2D eigenvalue weighted by molar-refractivity contribution is 7.98. The van der Waals surface area contributed by atoms with Crippen LogP contribution >= 0.6 is 11.8 Å². The van der Waals surface area contributed by atoms with E-state index in [1.54, 1.807) is 27.7 Å². The van der Waals surface area contributed by atoms with Crippen LogP contribution in [0.2, 0.25) is 0 Å². The van der Waals surface area contributed by atoms with Gasteiger partial charge in [0, 0.05) is 5.92 Å². The van der Waals surface area contributed by atoms with Gasteiger partial charge in [-0.25, -0.2) is 4.79 Å². The van der Waals surface area contributed by atoms with Crippen LogP contribution in [0.15, 0.2) is 0 Å². The third-order valence-corrected chi connectivity index (χ3v) is 9.18. The van der Waals surface area contributed by atoms with E-state index in [4.69, 9.17) is 4.74 Å². The largest absolute Gasteiger partial charge is 0.449 e. The summed E-state index contributed by atoms with van der Waals surface area (Å²) in [6.45, 7) is 22.6. The van der Waals surface area contributed by atoms with E-state index < -0.39 is 59.9 Å². The molecule has 0 aliphatic heterocycles. The van der Waals surface area contributed by atoms with Crippen LogP contribution in [0.5, 0.6) is 0 Å². The average molecular weight is 714 g/mol. The summed E-state index contributed by atoms with van der Waals surface area (Å²) < 4.78 is 5.22. The van der Waals surface area contributed by atoms with E-state index in [-0.39, 0.29) is 47.9 Å². The van der Waals surface area contributed by atoms with Crippen LogP contribution in [-0.4, -0.2) is 84.3 Å². The third kappa shape index (κ3) is 17.1. The number of ketones is 1. The van der Waals surface area contributed by atoms with Gasteiger partial charge in [0.1, 0.15) is 24.2 Å². The highest BCUT2D eigenvalue weighted by Crippen LogP contribution is 2.16. The second-order valence-corrected chi connectivity index (χ2v) is 15.7. The zero-order valence-corrected chi connectivity index (χ0v) is 33.2. The van der Waals surface area contributed by atoms with Crippen molar-refractivity contribution in [2.24, 2.45) is 35.5 Å². The number of rotatable bonds is 23. The maximum atomic E-state index is 13.8. The lowest BCUT2D eigenvalue weighted by Gasteiger charge is -2.31. The summed E-state index contributed by atoms with van der Waals surface area (Å²) in [6.07, 6.45) is 3.13. The molecule has 0 spiro atoms. The predicted octanol–water partition coefficient (Wildman–Crippen LogP) is 4.45. The molecule has 0 saturated carbocycles. The first kappa shape index (κ1) is 46.2. The Kier molecular flexibility index (Phi) is 22.2. The average Bonchev–Trinajstić information content (AvgIpc) is 3.03. The summed E-state index contributed by atoms with van der Waals surface area (Å²) in [6, 6.07) is -4.55. The first-order valence-electron chi connectivity index (χ1n) is 18.0. The molecule has 5 amide bonds. The van der Waals surface area contributed by atoms with Crippen LogP contribution in [0, 0.1) is 35.5 Å². The van der Waals surface area contributed by atoms with Gasteiger partial charge in [0.2, 0.25) is 23.6 Å². The Balaban J connectivity index is 6.09. The number of hydrogen-bond donors (Lipinski definition) is 5. The minimum Gasteiger partial charge on any atom is -0.449 e. The maximum Gasteiger partial charge on any atom is 0.407 e. The van der Waals surface area contributed by atoms with Crippen molar-refractivity contribution >= 4 is 47.3 Å². The molecular formula is C36H67N5O7S. The highest BCUT2D eigenvalue weighted by atomic mass is 32.2. The Hall–Kier alpha value is -2.83. The Bertz CT molecular complexity index is 1070.